The van der Waals surface area contributed by atoms with Gasteiger partial charge in [-0.15, -0.1) is 11.3 Å². The molecule has 7 nitrogen and oxygen atoms in total. The van der Waals surface area contributed by atoms with Gasteiger partial charge in [-0.25, -0.2) is 0 Å². The molecule has 3 amide bonds. The average molecular weight is 428 g/mol. The standard InChI is InChI=1S/C22H25N3O4S/c1-14-3-5-15(6-4-14)11-18(27)24-8-7-16-17(12-24)30-22-20(16)21(29)23(2)13-19(28)25(22)9-10-26/h3-6,26H,7-13H2,1-2H3. The summed E-state index contributed by atoms with van der Waals surface area (Å²) in [5.74, 6) is -0.319. The second-order valence-corrected chi connectivity index (χ2v) is 8.93. The summed E-state index contributed by atoms with van der Waals surface area (Å²) in [5, 5.41) is 10.0. The number of carbonyl (C=O) groups is 3. The normalized spacial score (nSPS) is 16.4. The number of aryl methyl sites for hydroxylation is 1. The molecule has 1 aromatic heterocycles. The van der Waals surface area contributed by atoms with Gasteiger partial charge in [0.1, 0.15) is 11.5 Å². The summed E-state index contributed by atoms with van der Waals surface area (Å²) < 4.78 is 0. The highest BCUT2D eigenvalue weighted by atomic mass is 32.1. The van der Waals surface area contributed by atoms with E-state index < -0.39 is 0 Å². The van der Waals surface area contributed by atoms with Crippen LogP contribution in [0.1, 0.15) is 31.9 Å². The summed E-state index contributed by atoms with van der Waals surface area (Å²) in [7, 11) is 1.62. The fraction of sp³-hybridized carbons (Fsp3) is 0.409. The Bertz CT molecular complexity index is 999. The number of amides is 3. The summed E-state index contributed by atoms with van der Waals surface area (Å²) in [4.78, 5) is 44.1. The maximum atomic E-state index is 13.0. The van der Waals surface area contributed by atoms with Gasteiger partial charge in [-0.1, -0.05) is 29.8 Å². The molecule has 4 rings (SSSR count). The van der Waals surface area contributed by atoms with Gasteiger partial charge in [-0.2, -0.15) is 0 Å². The van der Waals surface area contributed by atoms with Crippen molar-refractivity contribution >= 4 is 34.1 Å². The van der Waals surface area contributed by atoms with Crippen LogP contribution in [0.25, 0.3) is 0 Å². The Balaban J connectivity index is 1.60. The van der Waals surface area contributed by atoms with E-state index in [1.165, 1.54) is 21.1 Å². The molecule has 3 heterocycles. The predicted molar refractivity (Wildman–Crippen MR) is 115 cm³/mol. The summed E-state index contributed by atoms with van der Waals surface area (Å²) in [6.45, 7) is 2.98. The van der Waals surface area contributed by atoms with Crippen molar-refractivity contribution in [3.05, 3.63) is 51.4 Å². The first-order valence-corrected chi connectivity index (χ1v) is 10.8. The number of hydrogen-bond acceptors (Lipinski definition) is 5. The van der Waals surface area contributed by atoms with E-state index >= 15 is 0 Å². The minimum absolute atomic E-state index is 0.00380. The van der Waals surface area contributed by atoms with E-state index in [9.17, 15) is 19.5 Å². The maximum Gasteiger partial charge on any atom is 0.257 e. The largest absolute Gasteiger partial charge is 0.395 e. The van der Waals surface area contributed by atoms with Crippen LogP contribution in [0.5, 0.6) is 0 Å². The van der Waals surface area contributed by atoms with Gasteiger partial charge in [-0.3, -0.25) is 19.3 Å². The Morgan fingerprint density at radius 2 is 1.90 bits per heavy atom. The first-order valence-electron chi connectivity index (χ1n) is 10.0. The molecule has 158 valence electrons. The number of carbonyl (C=O) groups excluding carboxylic acids is 3. The van der Waals surface area contributed by atoms with Crippen molar-refractivity contribution in [2.45, 2.75) is 26.3 Å². The molecular formula is C22H25N3O4S. The molecule has 0 unspecified atom stereocenters. The fourth-order valence-corrected chi connectivity index (χ4v) is 5.39. The zero-order chi connectivity index (χ0) is 21.4. The molecule has 30 heavy (non-hydrogen) atoms. The highest BCUT2D eigenvalue weighted by Gasteiger charge is 2.37. The highest BCUT2D eigenvalue weighted by molar-refractivity contribution is 7.17. The minimum atomic E-state index is -0.204. The first kappa shape index (κ1) is 20.6. The van der Waals surface area contributed by atoms with Crippen LogP contribution in [0.2, 0.25) is 0 Å². The quantitative estimate of drug-likeness (QED) is 0.804. The number of rotatable bonds is 4. The molecule has 0 aliphatic carbocycles. The van der Waals surface area contributed by atoms with Gasteiger partial charge in [0, 0.05) is 25.0 Å². The number of likely N-dealkylation sites (N-methyl/N-ethyl adjacent to an activating group) is 1. The summed E-state index contributed by atoms with van der Waals surface area (Å²) >= 11 is 1.39. The van der Waals surface area contributed by atoms with Gasteiger partial charge in [-0.05, 0) is 24.5 Å². The Kier molecular flexibility index (Phi) is 5.62. The number of fused-ring (bicyclic) bond motifs is 3. The van der Waals surface area contributed by atoms with Crippen LogP contribution in [-0.4, -0.2) is 65.9 Å². The van der Waals surface area contributed by atoms with Gasteiger partial charge in [0.05, 0.1) is 25.1 Å². The van der Waals surface area contributed by atoms with Crippen molar-refractivity contribution in [2.24, 2.45) is 0 Å². The molecule has 8 heteroatoms. The fourth-order valence-electron chi connectivity index (χ4n) is 4.00. The van der Waals surface area contributed by atoms with E-state index in [0.29, 0.717) is 36.5 Å². The third-order valence-corrected chi connectivity index (χ3v) is 6.91. The zero-order valence-electron chi connectivity index (χ0n) is 17.2. The van der Waals surface area contributed by atoms with Crippen molar-refractivity contribution in [1.29, 1.82) is 0 Å². The Hall–Kier alpha value is -2.71. The number of benzene rings is 1. The molecule has 0 saturated heterocycles. The molecule has 0 atom stereocenters. The van der Waals surface area contributed by atoms with Crippen molar-refractivity contribution in [2.75, 3.05) is 38.2 Å². The smallest absolute Gasteiger partial charge is 0.257 e. The summed E-state index contributed by atoms with van der Waals surface area (Å²) in [6, 6.07) is 7.95. The van der Waals surface area contributed by atoms with Gasteiger partial charge in [0.2, 0.25) is 11.8 Å². The highest BCUT2D eigenvalue weighted by Crippen LogP contribution is 2.41. The molecule has 2 aromatic rings. The molecule has 0 bridgehead atoms. The van der Waals surface area contributed by atoms with E-state index in [1.54, 1.807) is 7.05 Å². The Labute approximate surface area is 179 Å². The molecular weight excluding hydrogens is 402 g/mol. The molecule has 0 radical (unpaired) electrons. The van der Waals surface area contributed by atoms with Crippen LogP contribution in [-0.2, 0) is 29.0 Å². The molecule has 0 saturated carbocycles. The first-order chi connectivity index (χ1) is 14.4. The number of hydrogen-bond donors (Lipinski definition) is 1. The van der Waals surface area contributed by atoms with E-state index in [0.717, 1.165) is 21.6 Å². The predicted octanol–water partition coefficient (Wildman–Crippen LogP) is 1.59. The van der Waals surface area contributed by atoms with Gasteiger partial charge in [0.15, 0.2) is 0 Å². The van der Waals surface area contributed by atoms with Crippen LogP contribution < -0.4 is 4.90 Å². The van der Waals surface area contributed by atoms with Crippen LogP contribution in [0.15, 0.2) is 24.3 Å². The van der Waals surface area contributed by atoms with Crippen LogP contribution in [0.4, 0.5) is 5.00 Å². The SMILES string of the molecule is Cc1ccc(CC(=O)N2CCc3c(sc4c3C(=O)N(C)CC(=O)N4CCO)C2)cc1. The van der Waals surface area contributed by atoms with E-state index in [1.807, 2.05) is 36.1 Å². The lowest BCUT2D eigenvalue weighted by atomic mass is 10.0. The van der Waals surface area contributed by atoms with Crippen LogP contribution in [0.3, 0.4) is 0 Å². The van der Waals surface area contributed by atoms with Gasteiger partial charge >= 0.3 is 0 Å². The van der Waals surface area contributed by atoms with Crippen molar-refractivity contribution in [3.63, 3.8) is 0 Å². The van der Waals surface area contributed by atoms with E-state index in [2.05, 4.69) is 0 Å². The number of anilines is 1. The second-order valence-electron chi connectivity index (χ2n) is 7.84. The third-order valence-electron chi connectivity index (χ3n) is 5.67. The zero-order valence-corrected chi connectivity index (χ0v) is 18.0. The average Bonchev–Trinajstić information content (AvgIpc) is 3.07. The number of thiophene rings is 1. The lowest BCUT2D eigenvalue weighted by molar-refractivity contribution is -0.131. The van der Waals surface area contributed by atoms with E-state index in [-0.39, 0.29) is 37.4 Å². The van der Waals surface area contributed by atoms with Crippen molar-refractivity contribution in [3.8, 4) is 0 Å². The third kappa shape index (κ3) is 3.73. The number of aliphatic hydroxyl groups is 1. The second kappa shape index (κ2) is 8.20. The lowest BCUT2D eigenvalue weighted by Crippen LogP contribution is -2.39. The van der Waals surface area contributed by atoms with Gasteiger partial charge in [0.25, 0.3) is 5.91 Å². The topological polar surface area (TPSA) is 81.2 Å². The van der Waals surface area contributed by atoms with Crippen LogP contribution >= 0.6 is 11.3 Å². The Morgan fingerprint density at radius 1 is 1.17 bits per heavy atom. The minimum Gasteiger partial charge on any atom is -0.395 e. The summed E-state index contributed by atoms with van der Waals surface area (Å²) in [5.41, 5.74) is 3.63. The monoisotopic (exact) mass is 427 g/mol. The number of β-amino-alcohol motifs (C(OH)–C–C–N with tert-alkyl or cyclic N) is 1. The summed E-state index contributed by atoms with van der Waals surface area (Å²) in [6.07, 6.45) is 0.930. The molecule has 2 aliphatic heterocycles. The maximum absolute atomic E-state index is 13.0. The van der Waals surface area contributed by atoms with E-state index in [4.69, 9.17) is 0 Å². The van der Waals surface area contributed by atoms with Crippen molar-refractivity contribution < 1.29 is 19.5 Å². The molecule has 1 N–H and O–H groups in total. The van der Waals surface area contributed by atoms with Gasteiger partial charge < -0.3 is 14.9 Å². The Morgan fingerprint density at radius 3 is 2.60 bits per heavy atom. The molecule has 0 spiro atoms. The molecule has 0 fully saturated rings. The van der Waals surface area contributed by atoms with Crippen molar-refractivity contribution in [1.82, 2.24) is 9.80 Å². The van der Waals surface area contributed by atoms with Crippen LogP contribution in [0, 0.1) is 6.92 Å². The lowest BCUT2D eigenvalue weighted by Gasteiger charge is -2.27. The molecule has 2 aliphatic rings. The number of aliphatic hydroxyl groups excluding tert-OH is 1. The molecule has 1 aromatic carbocycles. The number of nitrogens with zero attached hydrogens (tertiary/aromatic N) is 3.